The van der Waals surface area contributed by atoms with Gasteiger partial charge in [-0.2, -0.15) is 0 Å². The van der Waals surface area contributed by atoms with Crippen LogP contribution >= 0.6 is 0 Å². The van der Waals surface area contributed by atoms with E-state index in [4.69, 9.17) is 4.74 Å². The SMILES string of the molecule is CCCN(C(=O)CN1CCCC1=O)C1COCC1C(=O)O. The van der Waals surface area contributed by atoms with Gasteiger partial charge in [-0.15, -0.1) is 0 Å². The van der Waals surface area contributed by atoms with Gasteiger partial charge in [-0.3, -0.25) is 14.4 Å². The summed E-state index contributed by atoms with van der Waals surface area (Å²) in [5, 5.41) is 9.23. The molecule has 2 rings (SSSR count). The zero-order valence-electron chi connectivity index (χ0n) is 12.3. The second-order valence-corrected chi connectivity index (χ2v) is 5.56. The highest BCUT2D eigenvalue weighted by Crippen LogP contribution is 2.21. The average Bonchev–Trinajstić information content (AvgIpc) is 3.06. The van der Waals surface area contributed by atoms with E-state index in [-0.39, 0.29) is 31.6 Å². The minimum absolute atomic E-state index is 0.00254. The molecule has 0 spiro atoms. The summed E-state index contributed by atoms with van der Waals surface area (Å²) in [5.41, 5.74) is 0. The summed E-state index contributed by atoms with van der Waals surface area (Å²) < 4.78 is 5.24. The van der Waals surface area contributed by atoms with Crippen molar-refractivity contribution >= 4 is 17.8 Å². The van der Waals surface area contributed by atoms with Gasteiger partial charge in [0.1, 0.15) is 5.92 Å². The molecule has 2 heterocycles. The maximum atomic E-state index is 12.5. The van der Waals surface area contributed by atoms with Crippen LogP contribution < -0.4 is 0 Å². The molecule has 2 unspecified atom stereocenters. The average molecular weight is 298 g/mol. The second kappa shape index (κ2) is 6.89. The fourth-order valence-corrected chi connectivity index (χ4v) is 2.93. The van der Waals surface area contributed by atoms with Crippen LogP contribution in [0.3, 0.4) is 0 Å². The number of likely N-dealkylation sites (tertiary alicyclic amines) is 1. The van der Waals surface area contributed by atoms with E-state index in [0.29, 0.717) is 19.5 Å². The van der Waals surface area contributed by atoms with Crippen LogP contribution in [0.2, 0.25) is 0 Å². The predicted octanol–water partition coefficient (Wildman–Crippen LogP) is -0.0530. The first-order valence-electron chi connectivity index (χ1n) is 7.42. The largest absolute Gasteiger partial charge is 0.481 e. The minimum atomic E-state index is -0.941. The van der Waals surface area contributed by atoms with Gasteiger partial charge in [0, 0.05) is 19.5 Å². The van der Waals surface area contributed by atoms with Crippen molar-refractivity contribution in [3.8, 4) is 0 Å². The van der Waals surface area contributed by atoms with E-state index >= 15 is 0 Å². The van der Waals surface area contributed by atoms with E-state index < -0.39 is 17.9 Å². The normalized spacial score (nSPS) is 25.4. The number of ether oxygens (including phenoxy) is 1. The summed E-state index contributed by atoms with van der Waals surface area (Å²) in [6, 6.07) is -0.437. The Bertz CT molecular complexity index is 426. The fraction of sp³-hybridized carbons (Fsp3) is 0.786. The number of rotatable bonds is 6. The predicted molar refractivity (Wildman–Crippen MR) is 73.6 cm³/mol. The topological polar surface area (TPSA) is 87.2 Å². The molecule has 0 saturated carbocycles. The van der Waals surface area contributed by atoms with Crippen molar-refractivity contribution < 1.29 is 24.2 Å². The zero-order chi connectivity index (χ0) is 15.4. The standard InChI is InChI=1S/C14H22N2O5/c1-2-5-16(11-9-21-8-10(11)14(19)20)13(18)7-15-6-3-4-12(15)17/h10-11H,2-9H2,1H3,(H,19,20). The number of nitrogens with zero attached hydrogens (tertiary/aromatic N) is 2. The molecule has 1 N–H and O–H groups in total. The van der Waals surface area contributed by atoms with Crippen molar-refractivity contribution in [1.82, 2.24) is 9.80 Å². The molecule has 2 amide bonds. The molecule has 2 saturated heterocycles. The maximum absolute atomic E-state index is 12.5. The molecular formula is C14H22N2O5. The lowest BCUT2D eigenvalue weighted by molar-refractivity contribution is -0.146. The summed E-state index contributed by atoms with van der Waals surface area (Å²) in [6.07, 6.45) is 2.01. The molecule has 2 fully saturated rings. The highest BCUT2D eigenvalue weighted by Gasteiger charge is 2.40. The van der Waals surface area contributed by atoms with E-state index in [9.17, 15) is 19.5 Å². The van der Waals surface area contributed by atoms with E-state index in [2.05, 4.69) is 0 Å². The number of carbonyl (C=O) groups is 3. The molecule has 2 atom stereocenters. The Morgan fingerprint density at radius 1 is 1.43 bits per heavy atom. The third kappa shape index (κ3) is 3.53. The quantitative estimate of drug-likeness (QED) is 0.743. The van der Waals surface area contributed by atoms with Crippen LogP contribution in [0.25, 0.3) is 0 Å². The van der Waals surface area contributed by atoms with Crippen LogP contribution in [0.4, 0.5) is 0 Å². The smallest absolute Gasteiger partial charge is 0.311 e. The van der Waals surface area contributed by atoms with Gasteiger partial charge >= 0.3 is 5.97 Å². The lowest BCUT2D eigenvalue weighted by atomic mass is 10.0. The van der Waals surface area contributed by atoms with Crippen LogP contribution in [0.5, 0.6) is 0 Å². The maximum Gasteiger partial charge on any atom is 0.311 e. The van der Waals surface area contributed by atoms with Crippen molar-refractivity contribution in [2.75, 3.05) is 32.8 Å². The summed E-state index contributed by atoms with van der Waals surface area (Å²) in [6.45, 7) is 3.45. The molecule has 118 valence electrons. The van der Waals surface area contributed by atoms with Crippen molar-refractivity contribution in [3.05, 3.63) is 0 Å². The van der Waals surface area contributed by atoms with Gasteiger partial charge in [0.25, 0.3) is 0 Å². The number of amides is 2. The molecule has 7 heteroatoms. The number of carboxylic acids is 1. The van der Waals surface area contributed by atoms with Gasteiger partial charge in [0.2, 0.25) is 11.8 Å². The van der Waals surface area contributed by atoms with Gasteiger partial charge in [-0.25, -0.2) is 0 Å². The number of hydrogen-bond donors (Lipinski definition) is 1. The highest BCUT2D eigenvalue weighted by molar-refractivity contribution is 5.86. The summed E-state index contributed by atoms with van der Waals surface area (Å²) in [4.78, 5) is 38.5. The van der Waals surface area contributed by atoms with Crippen LogP contribution in [-0.4, -0.2) is 71.6 Å². The van der Waals surface area contributed by atoms with E-state index in [1.165, 1.54) is 0 Å². The molecule has 2 aliphatic rings. The first kappa shape index (κ1) is 15.8. The van der Waals surface area contributed by atoms with Gasteiger partial charge in [0.15, 0.2) is 0 Å². The van der Waals surface area contributed by atoms with Gasteiger partial charge in [-0.05, 0) is 12.8 Å². The van der Waals surface area contributed by atoms with Gasteiger partial charge < -0.3 is 19.6 Å². The minimum Gasteiger partial charge on any atom is -0.481 e. The summed E-state index contributed by atoms with van der Waals surface area (Å²) >= 11 is 0. The molecule has 0 aromatic rings. The number of carbonyl (C=O) groups excluding carboxylic acids is 2. The van der Waals surface area contributed by atoms with Crippen molar-refractivity contribution in [3.63, 3.8) is 0 Å². The molecule has 0 aliphatic carbocycles. The van der Waals surface area contributed by atoms with Gasteiger partial charge in [-0.1, -0.05) is 6.92 Å². The fourth-order valence-electron chi connectivity index (χ4n) is 2.93. The van der Waals surface area contributed by atoms with E-state index in [1.807, 2.05) is 6.92 Å². The zero-order valence-corrected chi connectivity index (χ0v) is 12.3. The Morgan fingerprint density at radius 3 is 2.76 bits per heavy atom. The van der Waals surface area contributed by atoms with E-state index in [1.54, 1.807) is 9.80 Å². The molecule has 0 aromatic heterocycles. The molecule has 0 bridgehead atoms. The lowest BCUT2D eigenvalue weighted by Gasteiger charge is -2.31. The monoisotopic (exact) mass is 298 g/mol. The third-order valence-electron chi connectivity index (χ3n) is 4.05. The number of aliphatic carboxylic acids is 1. The first-order chi connectivity index (χ1) is 10.0. The van der Waals surface area contributed by atoms with Crippen molar-refractivity contribution in [1.29, 1.82) is 0 Å². The van der Waals surface area contributed by atoms with Crippen LogP contribution in [0.1, 0.15) is 26.2 Å². The lowest BCUT2D eigenvalue weighted by Crippen LogP contribution is -2.50. The molecule has 7 nitrogen and oxygen atoms in total. The van der Waals surface area contributed by atoms with Crippen molar-refractivity contribution in [2.24, 2.45) is 5.92 Å². The Hall–Kier alpha value is -1.63. The Labute approximate surface area is 123 Å². The van der Waals surface area contributed by atoms with Crippen LogP contribution in [-0.2, 0) is 19.1 Å². The number of hydrogen-bond acceptors (Lipinski definition) is 4. The van der Waals surface area contributed by atoms with Crippen LogP contribution in [0.15, 0.2) is 0 Å². The molecule has 21 heavy (non-hydrogen) atoms. The second-order valence-electron chi connectivity index (χ2n) is 5.56. The Kier molecular flexibility index (Phi) is 5.17. The molecule has 0 radical (unpaired) electrons. The Balaban J connectivity index is 2.05. The highest BCUT2D eigenvalue weighted by atomic mass is 16.5. The van der Waals surface area contributed by atoms with Crippen molar-refractivity contribution in [2.45, 2.75) is 32.2 Å². The molecule has 0 aromatic carbocycles. The number of carboxylic acid groups (broad SMARTS) is 1. The molecule has 2 aliphatic heterocycles. The summed E-state index contributed by atoms with van der Waals surface area (Å²) in [7, 11) is 0. The third-order valence-corrected chi connectivity index (χ3v) is 4.05. The summed E-state index contributed by atoms with van der Waals surface area (Å²) in [5.74, 6) is -1.82. The Morgan fingerprint density at radius 2 is 2.19 bits per heavy atom. The molecular weight excluding hydrogens is 276 g/mol. The van der Waals surface area contributed by atoms with Gasteiger partial charge in [0.05, 0.1) is 25.8 Å². The van der Waals surface area contributed by atoms with E-state index in [0.717, 1.165) is 12.8 Å². The first-order valence-corrected chi connectivity index (χ1v) is 7.42. The van der Waals surface area contributed by atoms with Crippen LogP contribution in [0, 0.1) is 5.92 Å².